The third-order valence-corrected chi connectivity index (χ3v) is 4.25. The normalized spacial score (nSPS) is 10.6. The number of nitrogens with one attached hydrogen (secondary N) is 1. The van der Waals surface area contributed by atoms with Crippen LogP contribution in [-0.4, -0.2) is 17.5 Å². The average molecular weight is 333 g/mol. The van der Waals surface area contributed by atoms with Gasteiger partial charge in [-0.3, -0.25) is 4.79 Å². The molecule has 1 heterocycles. The Morgan fingerprint density at radius 1 is 1.18 bits per heavy atom. The largest absolute Gasteiger partial charge is 0.484 e. The summed E-state index contributed by atoms with van der Waals surface area (Å²) in [5.41, 5.74) is 0.953. The summed E-state index contributed by atoms with van der Waals surface area (Å²) >= 11 is 7.36. The molecule has 0 saturated carbocycles. The third-order valence-electron chi connectivity index (χ3n) is 2.96. The van der Waals surface area contributed by atoms with Gasteiger partial charge in [0.05, 0.1) is 16.8 Å². The minimum absolute atomic E-state index is 0.0352. The Balaban J connectivity index is 1.50. The highest BCUT2D eigenvalue weighted by atomic mass is 35.5. The summed E-state index contributed by atoms with van der Waals surface area (Å²) in [6.45, 7) is 0.370. The summed E-state index contributed by atoms with van der Waals surface area (Å²) in [5.74, 6) is 0.425. The molecule has 0 atom stereocenters. The Morgan fingerprint density at radius 2 is 1.95 bits per heavy atom. The molecular formula is C16H13ClN2O2S. The van der Waals surface area contributed by atoms with E-state index < -0.39 is 0 Å². The molecule has 1 amide bonds. The van der Waals surface area contributed by atoms with Gasteiger partial charge in [0.25, 0.3) is 5.91 Å². The Hall–Kier alpha value is -2.11. The molecule has 2 aromatic carbocycles. The van der Waals surface area contributed by atoms with Gasteiger partial charge < -0.3 is 10.1 Å². The van der Waals surface area contributed by atoms with Crippen LogP contribution < -0.4 is 10.1 Å². The monoisotopic (exact) mass is 332 g/mol. The lowest BCUT2D eigenvalue weighted by atomic mass is 10.3. The van der Waals surface area contributed by atoms with Crippen LogP contribution in [0.5, 0.6) is 5.75 Å². The second kappa shape index (κ2) is 6.77. The Kier molecular flexibility index (Phi) is 4.56. The van der Waals surface area contributed by atoms with E-state index in [0.29, 0.717) is 17.3 Å². The van der Waals surface area contributed by atoms with Gasteiger partial charge in [0, 0.05) is 5.02 Å². The van der Waals surface area contributed by atoms with Gasteiger partial charge >= 0.3 is 0 Å². The summed E-state index contributed by atoms with van der Waals surface area (Å²) < 4.78 is 6.50. The van der Waals surface area contributed by atoms with E-state index in [2.05, 4.69) is 10.3 Å². The number of thiazole rings is 1. The molecule has 0 aliphatic heterocycles. The lowest BCUT2D eigenvalue weighted by Gasteiger charge is -2.06. The van der Waals surface area contributed by atoms with Crippen molar-refractivity contribution < 1.29 is 9.53 Å². The molecule has 0 bridgehead atoms. The van der Waals surface area contributed by atoms with Crippen LogP contribution in [0.15, 0.2) is 48.5 Å². The van der Waals surface area contributed by atoms with Gasteiger partial charge in [0.2, 0.25) is 0 Å². The maximum absolute atomic E-state index is 11.8. The van der Waals surface area contributed by atoms with Gasteiger partial charge in [-0.25, -0.2) is 4.98 Å². The Bertz CT molecular complexity index is 753. The van der Waals surface area contributed by atoms with Crippen LogP contribution >= 0.6 is 22.9 Å². The number of halogens is 1. The van der Waals surface area contributed by atoms with Crippen LogP contribution in [0.4, 0.5) is 0 Å². The first-order chi connectivity index (χ1) is 10.7. The smallest absolute Gasteiger partial charge is 0.258 e. The van der Waals surface area contributed by atoms with Crippen molar-refractivity contribution in [3.8, 4) is 5.75 Å². The number of rotatable bonds is 5. The zero-order chi connectivity index (χ0) is 15.4. The average Bonchev–Trinajstić information content (AvgIpc) is 2.95. The number of carbonyl (C=O) groups excluding carboxylic acids is 1. The van der Waals surface area contributed by atoms with E-state index in [4.69, 9.17) is 16.3 Å². The number of aromatic nitrogens is 1. The first-order valence-corrected chi connectivity index (χ1v) is 7.90. The highest BCUT2D eigenvalue weighted by molar-refractivity contribution is 7.18. The molecule has 1 N–H and O–H groups in total. The molecule has 22 heavy (non-hydrogen) atoms. The van der Waals surface area contributed by atoms with Gasteiger partial charge in [-0.15, -0.1) is 11.3 Å². The fourth-order valence-electron chi connectivity index (χ4n) is 1.90. The van der Waals surface area contributed by atoms with Crippen LogP contribution in [0.3, 0.4) is 0 Å². The molecule has 112 valence electrons. The Morgan fingerprint density at radius 3 is 2.73 bits per heavy atom. The second-order valence-electron chi connectivity index (χ2n) is 4.59. The van der Waals surface area contributed by atoms with E-state index in [-0.39, 0.29) is 12.5 Å². The van der Waals surface area contributed by atoms with Crippen molar-refractivity contribution in [2.45, 2.75) is 6.54 Å². The van der Waals surface area contributed by atoms with E-state index in [0.717, 1.165) is 15.2 Å². The van der Waals surface area contributed by atoms with Gasteiger partial charge in [-0.1, -0.05) is 23.7 Å². The van der Waals surface area contributed by atoms with Crippen LogP contribution in [-0.2, 0) is 11.3 Å². The summed E-state index contributed by atoms with van der Waals surface area (Å²) in [6, 6.07) is 14.8. The van der Waals surface area contributed by atoms with E-state index in [9.17, 15) is 4.79 Å². The fourth-order valence-corrected chi connectivity index (χ4v) is 2.93. The number of para-hydroxylation sites is 1. The molecule has 0 saturated heterocycles. The highest BCUT2D eigenvalue weighted by Gasteiger charge is 2.06. The minimum Gasteiger partial charge on any atom is -0.484 e. The van der Waals surface area contributed by atoms with Crippen molar-refractivity contribution in [2.75, 3.05) is 6.61 Å². The van der Waals surface area contributed by atoms with Crippen LogP contribution in [0.25, 0.3) is 10.2 Å². The van der Waals surface area contributed by atoms with Gasteiger partial charge in [-0.2, -0.15) is 0 Å². The van der Waals surface area contributed by atoms with Crippen molar-refractivity contribution in [2.24, 2.45) is 0 Å². The predicted molar refractivity (Wildman–Crippen MR) is 88.4 cm³/mol. The summed E-state index contributed by atoms with van der Waals surface area (Å²) in [6.07, 6.45) is 0. The summed E-state index contributed by atoms with van der Waals surface area (Å²) in [7, 11) is 0. The van der Waals surface area contributed by atoms with Crippen molar-refractivity contribution >= 4 is 39.1 Å². The van der Waals surface area contributed by atoms with Gasteiger partial charge in [-0.05, 0) is 36.4 Å². The predicted octanol–water partition coefficient (Wildman–Crippen LogP) is 3.64. The third kappa shape index (κ3) is 3.75. The van der Waals surface area contributed by atoms with Crippen LogP contribution in [0.2, 0.25) is 5.02 Å². The van der Waals surface area contributed by atoms with Gasteiger partial charge in [0.1, 0.15) is 10.8 Å². The number of amides is 1. The molecule has 1 aromatic heterocycles. The molecule has 0 aliphatic rings. The molecule has 0 fully saturated rings. The minimum atomic E-state index is -0.186. The van der Waals surface area contributed by atoms with Crippen LogP contribution in [0, 0.1) is 0 Å². The fraction of sp³-hybridized carbons (Fsp3) is 0.125. The molecule has 6 heteroatoms. The highest BCUT2D eigenvalue weighted by Crippen LogP contribution is 2.21. The molecule has 0 unspecified atom stereocenters. The standard InChI is InChI=1S/C16H13ClN2O2S/c17-11-5-7-12(8-6-11)21-10-15(20)18-9-16-19-13-3-1-2-4-14(13)22-16/h1-8H,9-10H2,(H,18,20). The zero-order valence-electron chi connectivity index (χ0n) is 11.6. The molecule has 0 spiro atoms. The number of nitrogens with zero attached hydrogens (tertiary/aromatic N) is 1. The number of hydrogen-bond acceptors (Lipinski definition) is 4. The van der Waals surface area contributed by atoms with Crippen molar-refractivity contribution in [1.82, 2.24) is 10.3 Å². The molecule has 3 rings (SSSR count). The number of ether oxygens (including phenoxy) is 1. The Labute approximate surface area is 136 Å². The quantitative estimate of drug-likeness (QED) is 0.776. The molecule has 3 aromatic rings. The molecular weight excluding hydrogens is 320 g/mol. The molecule has 0 radical (unpaired) electrons. The van der Waals surface area contributed by atoms with Crippen LogP contribution in [0.1, 0.15) is 5.01 Å². The van der Waals surface area contributed by atoms with Crippen molar-refractivity contribution in [3.63, 3.8) is 0 Å². The topological polar surface area (TPSA) is 51.2 Å². The second-order valence-corrected chi connectivity index (χ2v) is 6.15. The van der Waals surface area contributed by atoms with Gasteiger partial charge in [0.15, 0.2) is 6.61 Å². The lowest BCUT2D eigenvalue weighted by molar-refractivity contribution is -0.123. The number of hydrogen-bond donors (Lipinski definition) is 1. The van der Waals surface area contributed by atoms with Crippen molar-refractivity contribution in [3.05, 3.63) is 58.6 Å². The summed E-state index contributed by atoms with van der Waals surface area (Å²) in [5, 5.41) is 4.31. The SMILES string of the molecule is O=C(COc1ccc(Cl)cc1)NCc1nc2ccccc2s1. The van der Waals surface area contributed by atoms with Crippen molar-refractivity contribution in [1.29, 1.82) is 0 Å². The molecule has 4 nitrogen and oxygen atoms in total. The maximum atomic E-state index is 11.8. The lowest BCUT2D eigenvalue weighted by Crippen LogP contribution is -2.28. The van der Waals surface area contributed by atoms with E-state index in [1.165, 1.54) is 0 Å². The molecule has 0 aliphatic carbocycles. The van der Waals surface area contributed by atoms with E-state index in [1.54, 1.807) is 35.6 Å². The number of benzene rings is 2. The first kappa shape index (κ1) is 14.8. The maximum Gasteiger partial charge on any atom is 0.258 e. The van der Waals surface area contributed by atoms with E-state index in [1.807, 2.05) is 24.3 Å². The number of carbonyl (C=O) groups is 1. The summed E-state index contributed by atoms with van der Waals surface area (Å²) in [4.78, 5) is 16.2. The zero-order valence-corrected chi connectivity index (χ0v) is 13.2. The van der Waals surface area contributed by atoms with E-state index >= 15 is 0 Å². The number of fused-ring (bicyclic) bond motifs is 1. The first-order valence-electron chi connectivity index (χ1n) is 6.70.